The molecule has 4 aromatic rings. The number of unbranched alkanes of at least 4 members (excludes halogenated alkanes) is 2. The van der Waals surface area contributed by atoms with Crippen molar-refractivity contribution in [3.8, 4) is 5.75 Å². The predicted molar refractivity (Wildman–Crippen MR) is 152 cm³/mol. The van der Waals surface area contributed by atoms with Gasteiger partial charge in [0.2, 0.25) is 0 Å². The number of rotatable bonds is 12. The van der Waals surface area contributed by atoms with Crippen LogP contribution < -0.4 is 10.1 Å². The Morgan fingerprint density at radius 3 is 2.59 bits per heavy atom. The number of para-hydroxylation sites is 2. The molecule has 37 heavy (non-hydrogen) atoms. The fraction of sp³-hybridized carbons (Fsp3) is 0.355. The van der Waals surface area contributed by atoms with Gasteiger partial charge in [0.15, 0.2) is 0 Å². The molecule has 1 amide bonds. The Hall–Kier alpha value is -3.31. The number of nitrogens with zero attached hydrogens (tertiary/aromatic N) is 2. The van der Waals surface area contributed by atoms with Crippen molar-refractivity contribution in [1.82, 2.24) is 14.9 Å². The highest BCUT2D eigenvalue weighted by atomic mass is 35.5. The van der Waals surface area contributed by atoms with E-state index in [1.807, 2.05) is 6.07 Å². The van der Waals surface area contributed by atoms with Crippen molar-refractivity contribution < 1.29 is 9.53 Å². The van der Waals surface area contributed by atoms with Crippen molar-refractivity contribution in [1.29, 1.82) is 0 Å². The Bertz CT molecular complexity index is 1330. The van der Waals surface area contributed by atoms with E-state index < -0.39 is 0 Å². The van der Waals surface area contributed by atoms with Crippen LogP contribution in [-0.2, 0) is 13.0 Å². The lowest BCUT2D eigenvalue weighted by molar-refractivity contribution is 0.0953. The van der Waals surface area contributed by atoms with Crippen molar-refractivity contribution in [2.75, 3.05) is 13.2 Å². The molecule has 194 valence electrons. The van der Waals surface area contributed by atoms with E-state index in [2.05, 4.69) is 67.1 Å². The van der Waals surface area contributed by atoms with E-state index in [4.69, 9.17) is 21.3 Å². The number of amides is 1. The van der Waals surface area contributed by atoms with E-state index in [1.165, 1.54) is 11.1 Å². The first-order valence-corrected chi connectivity index (χ1v) is 13.5. The van der Waals surface area contributed by atoms with Crippen molar-refractivity contribution in [2.24, 2.45) is 0 Å². The number of hydrogen-bond acceptors (Lipinski definition) is 3. The van der Waals surface area contributed by atoms with E-state index in [9.17, 15) is 4.79 Å². The molecule has 0 spiro atoms. The predicted octanol–water partition coefficient (Wildman–Crippen LogP) is 7.34. The molecule has 1 N–H and O–H groups in total. The fourth-order valence-corrected chi connectivity index (χ4v) is 4.67. The smallest absolute Gasteiger partial charge is 0.251 e. The number of hydrogen-bond donors (Lipinski definition) is 1. The Morgan fingerprint density at radius 1 is 1.03 bits per heavy atom. The number of halogens is 1. The lowest BCUT2D eigenvalue weighted by atomic mass is 10.0. The fourth-order valence-electron chi connectivity index (χ4n) is 4.55. The van der Waals surface area contributed by atoms with Crippen LogP contribution in [0.5, 0.6) is 5.75 Å². The maximum atomic E-state index is 12.3. The monoisotopic (exact) mass is 517 g/mol. The lowest BCUT2D eigenvalue weighted by Gasteiger charge is -2.16. The number of carbonyl (C=O) groups is 1. The van der Waals surface area contributed by atoms with Crippen molar-refractivity contribution in [2.45, 2.75) is 58.9 Å². The molecule has 1 aromatic heterocycles. The molecule has 0 saturated heterocycles. The second-order valence-electron chi connectivity index (χ2n) is 9.79. The molecule has 5 nitrogen and oxygen atoms in total. The van der Waals surface area contributed by atoms with Gasteiger partial charge in [-0.25, -0.2) is 4.98 Å². The quantitative estimate of drug-likeness (QED) is 0.200. The van der Waals surface area contributed by atoms with E-state index in [0.717, 1.165) is 54.8 Å². The standard InChI is InChI=1S/C31H36ClN3O2/c1-22(2)26-17-12-23(3)21-29(26)37-20-19-35-28-10-7-6-9-27(28)34-30(35)11-5-4-8-18-33-31(36)24-13-15-25(32)16-14-24/h6-7,9-10,12-17,21-22H,4-5,8,11,18-20H2,1-3H3,(H,33,36). The topological polar surface area (TPSA) is 56.1 Å². The molecule has 6 heteroatoms. The van der Waals surface area contributed by atoms with Crippen LogP contribution in [0.4, 0.5) is 0 Å². The molecule has 0 unspecified atom stereocenters. The van der Waals surface area contributed by atoms with Crippen molar-refractivity contribution >= 4 is 28.5 Å². The van der Waals surface area contributed by atoms with E-state index in [-0.39, 0.29) is 5.91 Å². The van der Waals surface area contributed by atoms with E-state index >= 15 is 0 Å². The summed E-state index contributed by atoms with van der Waals surface area (Å²) in [6, 6.07) is 21.7. The van der Waals surface area contributed by atoms with E-state index in [1.54, 1.807) is 24.3 Å². The van der Waals surface area contributed by atoms with Crippen molar-refractivity contribution in [3.63, 3.8) is 0 Å². The molecule has 1 heterocycles. The number of carbonyl (C=O) groups excluding carboxylic acids is 1. The van der Waals surface area contributed by atoms with Gasteiger partial charge >= 0.3 is 0 Å². The third-order valence-electron chi connectivity index (χ3n) is 6.57. The van der Waals surface area contributed by atoms with Gasteiger partial charge in [0.05, 0.1) is 17.6 Å². The Morgan fingerprint density at radius 2 is 1.81 bits per heavy atom. The summed E-state index contributed by atoms with van der Waals surface area (Å²) in [4.78, 5) is 17.2. The van der Waals surface area contributed by atoms with Gasteiger partial charge in [-0.3, -0.25) is 4.79 Å². The molecule has 0 radical (unpaired) electrons. The number of ether oxygens (including phenoxy) is 1. The third-order valence-corrected chi connectivity index (χ3v) is 6.82. The van der Waals surface area contributed by atoms with Gasteiger partial charge in [0.1, 0.15) is 18.2 Å². The highest BCUT2D eigenvalue weighted by Gasteiger charge is 2.12. The van der Waals surface area contributed by atoms with Crippen LogP contribution in [0.1, 0.15) is 66.3 Å². The van der Waals surface area contributed by atoms with Crippen LogP contribution in [0.2, 0.25) is 5.02 Å². The first-order chi connectivity index (χ1) is 17.9. The van der Waals surface area contributed by atoms with Crippen LogP contribution in [0.3, 0.4) is 0 Å². The van der Waals surface area contributed by atoms with Crippen LogP contribution in [0, 0.1) is 6.92 Å². The molecule has 0 bridgehead atoms. The van der Waals surface area contributed by atoms with Crippen molar-refractivity contribution in [3.05, 3.63) is 94.3 Å². The van der Waals surface area contributed by atoms with E-state index in [0.29, 0.717) is 29.7 Å². The summed E-state index contributed by atoms with van der Waals surface area (Å²) in [5.41, 5.74) is 5.24. The second-order valence-corrected chi connectivity index (χ2v) is 10.2. The minimum atomic E-state index is -0.0623. The highest BCUT2D eigenvalue weighted by molar-refractivity contribution is 6.30. The number of aryl methyl sites for hydroxylation is 2. The molecular weight excluding hydrogens is 482 g/mol. The first-order valence-electron chi connectivity index (χ1n) is 13.1. The second kappa shape index (κ2) is 12.8. The normalized spacial score (nSPS) is 11.3. The highest BCUT2D eigenvalue weighted by Crippen LogP contribution is 2.28. The Kier molecular flexibility index (Phi) is 9.24. The summed E-state index contributed by atoms with van der Waals surface area (Å²) < 4.78 is 8.58. The van der Waals surface area contributed by atoms with Crippen LogP contribution in [-0.4, -0.2) is 28.6 Å². The molecule has 0 aliphatic carbocycles. The molecule has 4 rings (SSSR count). The number of imidazole rings is 1. The largest absolute Gasteiger partial charge is 0.491 e. The summed E-state index contributed by atoms with van der Waals surface area (Å²) in [5.74, 6) is 2.41. The van der Waals surface area contributed by atoms with Gasteiger partial charge in [0, 0.05) is 23.6 Å². The van der Waals surface area contributed by atoms with Crippen LogP contribution in [0.15, 0.2) is 66.7 Å². The Labute approximate surface area is 224 Å². The lowest BCUT2D eigenvalue weighted by Crippen LogP contribution is -2.24. The summed E-state index contributed by atoms with van der Waals surface area (Å²) in [6.45, 7) is 8.48. The van der Waals surface area contributed by atoms with Crippen LogP contribution in [0.25, 0.3) is 11.0 Å². The van der Waals surface area contributed by atoms with Gasteiger partial charge in [-0.2, -0.15) is 0 Å². The summed E-state index contributed by atoms with van der Waals surface area (Å²) in [7, 11) is 0. The summed E-state index contributed by atoms with van der Waals surface area (Å²) >= 11 is 5.90. The van der Waals surface area contributed by atoms with Gasteiger partial charge < -0.3 is 14.6 Å². The van der Waals surface area contributed by atoms with Gasteiger partial charge in [-0.1, -0.05) is 56.1 Å². The molecule has 0 atom stereocenters. The average molecular weight is 518 g/mol. The molecule has 0 fully saturated rings. The van der Waals surface area contributed by atoms with Crippen LogP contribution >= 0.6 is 11.6 Å². The van der Waals surface area contributed by atoms with Gasteiger partial charge in [0.25, 0.3) is 5.91 Å². The third kappa shape index (κ3) is 7.14. The zero-order valence-corrected chi connectivity index (χ0v) is 22.7. The minimum absolute atomic E-state index is 0.0623. The summed E-state index contributed by atoms with van der Waals surface area (Å²) in [6.07, 6.45) is 3.84. The average Bonchev–Trinajstić information content (AvgIpc) is 3.23. The van der Waals surface area contributed by atoms with Gasteiger partial charge in [-0.05, 0) is 79.3 Å². The first kappa shape index (κ1) is 26.7. The maximum Gasteiger partial charge on any atom is 0.251 e. The zero-order valence-electron chi connectivity index (χ0n) is 22.0. The number of fused-ring (bicyclic) bond motifs is 1. The molecule has 0 saturated carbocycles. The van der Waals surface area contributed by atoms with Gasteiger partial charge in [-0.15, -0.1) is 0 Å². The minimum Gasteiger partial charge on any atom is -0.491 e. The zero-order chi connectivity index (χ0) is 26.2. The Balaban J connectivity index is 1.31. The maximum absolute atomic E-state index is 12.3. The molecule has 0 aliphatic heterocycles. The number of nitrogens with one attached hydrogen (secondary N) is 1. The number of benzene rings is 3. The molecule has 0 aliphatic rings. The summed E-state index contributed by atoms with van der Waals surface area (Å²) in [5, 5.41) is 3.62. The molecular formula is C31H36ClN3O2. The SMILES string of the molecule is Cc1ccc(C(C)C)c(OCCn2c(CCCCCNC(=O)c3ccc(Cl)cc3)nc3ccccc32)c1. The molecule has 3 aromatic carbocycles. The number of aromatic nitrogens is 2.